The maximum Gasteiger partial charge on any atom is 0.315 e. The second-order valence-electron chi connectivity index (χ2n) is 14.7. The molecule has 3 unspecified atom stereocenters. The maximum atomic E-state index is 13.0. The molecule has 4 bridgehead atoms. The molecule has 2 aliphatic heterocycles. The van der Waals surface area contributed by atoms with Crippen molar-refractivity contribution >= 4 is 6.03 Å². The molecule has 7 heteroatoms. The smallest absolute Gasteiger partial charge is 0.315 e. The Labute approximate surface area is 263 Å². The highest BCUT2D eigenvalue weighted by Gasteiger charge is 2.51. The summed E-state index contributed by atoms with van der Waals surface area (Å²) in [6.45, 7) is 3.74. The van der Waals surface area contributed by atoms with Crippen molar-refractivity contribution in [2.45, 2.75) is 114 Å². The molecule has 3 N–H and O–H groups in total. The molecule has 2 aromatic carbocycles. The molecule has 6 aliphatic rings. The van der Waals surface area contributed by atoms with Crippen LogP contribution >= 0.6 is 0 Å². The van der Waals surface area contributed by atoms with E-state index in [1.54, 1.807) is 0 Å². The molecule has 0 spiro atoms. The van der Waals surface area contributed by atoms with E-state index in [0.717, 1.165) is 85.3 Å². The monoisotopic (exact) mass is 601 g/mol. The second kappa shape index (κ2) is 13.5. The summed E-state index contributed by atoms with van der Waals surface area (Å²) in [7, 11) is 0. The first-order valence-corrected chi connectivity index (χ1v) is 17.4. The molecule has 6 fully saturated rings. The van der Waals surface area contributed by atoms with E-state index in [1.165, 1.54) is 51.4 Å². The van der Waals surface area contributed by atoms with Crippen LogP contribution in [0.1, 0.15) is 112 Å². The number of amides is 2. The number of nitrogens with zero attached hydrogens (tertiary/aromatic N) is 1. The van der Waals surface area contributed by atoms with Gasteiger partial charge < -0.3 is 30.1 Å². The van der Waals surface area contributed by atoms with E-state index in [9.17, 15) is 9.90 Å². The SMILES string of the molecule is O=C(NCc1ccc(C2OC(CN3CCCCCCC3)CC(c3ccc(CO)cc3)O2)cc1)NC12CC3CC(CC(C3)C1)C2. The fourth-order valence-corrected chi connectivity index (χ4v) is 9.34. The van der Waals surface area contributed by atoms with Gasteiger partial charge in [-0.2, -0.15) is 0 Å². The number of aliphatic hydroxyl groups is 1. The van der Waals surface area contributed by atoms with Crippen molar-refractivity contribution in [3.8, 4) is 0 Å². The van der Waals surface area contributed by atoms with Crippen LogP contribution in [0.25, 0.3) is 0 Å². The number of aliphatic hydroxyl groups excluding tert-OH is 1. The molecule has 8 rings (SSSR count). The van der Waals surface area contributed by atoms with Gasteiger partial charge in [0.1, 0.15) is 0 Å². The van der Waals surface area contributed by atoms with Crippen molar-refractivity contribution in [2.24, 2.45) is 17.8 Å². The lowest BCUT2D eigenvalue weighted by Crippen LogP contribution is -2.61. The Morgan fingerprint density at radius 3 is 2.00 bits per heavy atom. The quantitative estimate of drug-likeness (QED) is 0.312. The van der Waals surface area contributed by atoms with E-state index in [0.29, 0.717) is 6.54 Å². The summed E-state index contributed by atoms with van der Waals surface area (Å²) in [6.07, 6.45) is 14.5. The van der Waals surface area contributed by atoms with Gasteiger partial charge in [-0.05, 0) is 98.9 Å². The van der Waals surface area contributed by atoms with Crippen LogP contribution in [0.5, 0.6) is 0 Å². The van der Waals surface area contributed by atoms with Crippen molar-refractivity contribution in [3.63, 3.8) is 0 Å². The van der Waals surface area contributed by atoms with Crippen LogP contribution in [-0.4, -0.2) is 47.3 Å². The zero-order valence-electron chi connectivity index (χ0n) is 26.2. The third-order valence-corrected chi connectivity index (χ3v) is 11.1. The van der Waals surface area contributed by atoms with Crippen molar-refractivity contribution in [1.29, 1.82) is 0 Å². The highest BCUT2D eigenvalue weighted by molar-refractivity contribution is 5.75. The average molecular weight is 602 g/mol. The minimum Gasteiger partial charge on any atom is -0.392 e. The fourth-order valence-electron chi connectivity index (χ4n) is 9.34. The molecule has 2 saturated heterocycles. The Hall–Kier alpha value is -2.45. The van der Waals surface area contributed by atoms with E-state index in [2.05, 4.69) is 51.9 Å². The van der Waals surface area contributed by atoms with Crippen molar-refractivity contribution < 1.29 is 19.4 Å². The molecule has 2 amide bonds. The van der Waals surface area contributed by atoms with Crippen LogP contribution < -0.4 is 10.6 Å². The van der Waals surface area contributed by atoms with E-state index in [-0.39, 0.29) is 30.4 Å². The van der Waals surface area contributed by atoms with Gasteiger partial charge in [-0.1, -0.05) is 67.8 Å². The number of urea groups is 1. The minimum absolute atomic E-state index is 0.0242. The van der Waals surface area contributed by atoms with E-state index in [1.807, 2.05) is 12.1 Å². The van der Waals surface area contributed by atoms with Crippen LogP contribution in [0, 0.1) is 17.8 Å². The van der Waals surface area contributed by atoms with Gasteiger partial charge >= 0.3 is 6.03 Å². The van der Waals surface area contributed by atoms with Crippen LogP contribution in [0.2, 0.25) is 0 Å². The van der Waals surface area contributed by atoms with Gasteiger partial charge in [0.25, 0.3) is 0 Å². The molecular formula is C37H51N3O4. The van der Waals surface area contributed by atoms with Crippen molar-refractivity contribution in [1.82, 2.24) is 15.5 Å². The first kappa shape index (κ1) is 30.2. The highest BCUT2D eigenvalue weighted by atomic mass is 16.7. The molecule has 0 aromatic heterocycles. The summed E-state index contributed by atoms with van der Waals surface area (Å²) in [5, 5.41) is 16.1. The molecule has 4 saturated carbocycles. The zero-order chi connectivity index (χ0) is 29.9. The Kier molecular flexibility index (Phi) is 9.27. The molecule has 2 heterocycles. The number of hydrogen-bond donors (Lipinski definition) is 3. The van der Waals surface area contributed by atoms with Crippen molar-refractivity contribution in [3.05, 3.63) is 70.8 Å². The Morgan fingerprint density at radius 2 is 1.36 bits per heavy atom. The lowest BCUT2D eigenvalue weighted by molar-refractivity contribution is -0.253. The van der Waals surface area contributed by atoms with Gasteiger partial charge in [0.05, 0.1) is 18.8 Å². The lowest BCUT2D eigenvalue weighted by Gasteiger charge is -2.56. The number of hydrogen-bond acceptors (Lipinski definition) is 5. The van der Waals surface area contributed by atoms with Crippen LogP contribution in [0.15, 0.2) is 48.5 Å². The summed E-state index contributed by atoms with van der Waals surface area (Å²) >= 11 is 0. The predicted octanol–water partition coefficient (Wildman–Crippen LogP) is 6.76. The molecule has 3 atom stereocenters. The number of benzene rings is 2. The summed E-state index contributed by atoms with van der Waals surface area (Å²) in [5.41, 5.74) is 4.13. The van der Waals surface area contributed by atoms with E-state index in [4.69, 9.17) is 9.47 Å². The van der Waals surface area contributed by atoms with Gasteiger partial charge in [0.15, 0.2) is 6.29 Å². The highest BCUT2D eigenvalue weighted by Crippen LogP contribution is 2.55. The number of nitrogens with one attached hydrogen (secondary N) is 2. The molecule has 0 radical (unpaired) electrons. The molecule has 2 aromatic rings. The molecular weight excluding hydrogens is 550 g/mol. The summed E-state index contributed by atoms with van der Waals surface area (Å²) in [5.74, 6) is 2.43. The third-order valence-electron chi connectivity index (χ3n) is 11.1. The van der Waals surface area contributed by atoms with Crippen LogP contribution in [-0.2, 0) is 22.6 Å². The molecule has 4 aliphatic carbocycles. The predicted molar refractivity (Wildman–Crippen MR) is 171 cm³/mol. The summed E-state index contributed by atoms with van der Waals surface area (Å²) in [6, 6.07) is 16.4. The Balaban J connectivity index is 0.982. The van der Waals surface area contributed by atoms with Gasteiger partial charge in [0, 0.05) is 30.6 Å². The lowest BCUT2D eigenvalue weighted by atomic mass is 9.53. The standard InChI is InChI=1S/C37H51N3O4/c41-25-27-8-10-31(11-9-27)34-19-33(24-40-14-4-2-1-3-5-15-40)43-35(44-34)32-12-6-26(7-13-32)23-38-36(42)39-37-20-28-16-29(21-37)18-30(17-28)22-37/h6-13,28-30,33-35,41H,1-5,14-25H2,(H2,38,39,42). The average Bonchev–Trinajstić information content (AvgIpc) is 3.00. The first-order valence-electron chi connectivity index (χ1n) is 17.4. The molecule has 7 nitrogen and oxygen atoms in total. The van der Waals surface area contributed by atoms with Gasteiger partial charge in [-0.25, -0.2) is 4.79 Å². The second-order valence-corrected chi connectivity index (χ2v) is 14.7. The normalized spacial score (nSPS) is 33.8. The minimum atomic E-state index is -0.451. The largest absolute Gasteiger partial charge is 0.392 e. The summed E-state index contributed by atoms with van der Waals surface area (Å²) < 4.78 is 13.2. The molecule has 238 valence electrons. The number of rotatable bonds is 8. The van der Waals surface area contributed by atoms with Gasteiger partial charge in [0.2, 0.25) is 0 Å². The number of carbonyl (C=O) groups excluding carboxylic acids is 1. The first-order chi connectivity index (χ1) is 21.5. The molecule has 44 heavy (non-hydrogen) atoms. The van der Waals surface area contributed by atoms with Crippen LogP contribution in [0.4, 0.5) is 4.79 Å². The van der Waals surface area contributed by atoms with E-state index >= 15 is 0 Å². The number of carbonyl (C=O) groups is 1. The third kappa shape index (κ3) is 7.17. The number of likely N-dealkylation sites (tertiary alicyclic amines) is 1. The summed E-state index contributed by atoms with van der Waals surface area (Å²) in [4.78, 5) is 15.6. The van der Waals surface area contributed by atoms with Crippen molar-refractivity contribution in [2.75, 3.05) is 19.6 Å². The zero-order valence-corrected chi connectivity index (χ0v) is 26.2. The Bertz CT molecular complexity index is 1210. The topological polar surface area (TPSA) is 83.1 Å². The Morgan fingerprint density at radius 1 is 0.773 bits per heavy atom. The number of ether oxygens (including phenoxy) is 2. The van der Waals surface area contributed by atoms with Crippen LogP contribution in [0.3, 0.4) is 0 Å². The van der Waals surface area contributed by atoms with E-state index < -0.39 is 6.29 Å². The van der Waals surface area contributed by atoms with Gasteiger partial charge in [-0.15, -0.1) is 0 Å². The maximum absolute atomic E-state index is 13.0. The fraction of sp³-hybridized carbons (Fsp3) is 0.649. The van der Waals surface area contributed by atoms with Gasteiger partial charge in [-0.3, -0.25) is 0 Å².